The fraction of sp³-hybridized carbons (Fsp3) is 0.854. The fourth-order valence-electron chi connectivity index (χ4n) is 7.36. The van der Waals surface area contributed by atoms with E-state index in [1.165, 1.54) is 103 Å². The van der Waals surface area contributed by atoms with Gasteiger partial charge in [-0.1, -0.05) is 179 Å². The zero-order chi connectivity index (χ0) is 44.8. The summed E-state index contributed by atoms with van der Waals surface area (Å²) in [6.07, 6.45) is 33.5. The molecule has 0 bridgehead atoms. The van der Waals surface area contributed by atoms with Gasteiger partial charge in [0.2, 0.25) is 0 Å². The van der Waals surface area contributed by atoms with Crippen LogP contribution in [-0.4, -0.2) is 98.9 Å². The number of aliphatic hydroxyl groups is 5. The van der Waals surface area contributed by atoms with Crippen molar-refractivity contribution >= 4 is 13.8 Å². The summed E-state index contributed by atoms with van der Waals surface area (Å²) in [5, 5.41) is 50.2. The Morgan fingerprint density at radius 1 is 0.525 bits per heavy atom. The lowest BCUT2D eigenvalue weighted by molar-refractivity contribution is -0.220. The molecule has 358 valence electrons. The first kappa shape index (κ1) is 57.6. The number of rotatable bonds is 41. The lowest BCUT2D eigenvalue weighted by atomic mass is 9.85. The minimum Gasteiger partial charge on any atom is -0.457 e. The number of esters is 1. The predicted octanol–water partition coefficient (Wildman–Crippen LogP) is 10.3. The Hall–Kier alpha value is -1.44. The zero-order valence-corrected chi connectivity index (χ0v) is 39.1. The van der Waals surface area contributed by atoms with Crippen LogP contribution in [0.1, 0.15) is 200 Å². The average molecular weight is 889 g/mol. The van der Waals surface area contributed by atoms with Crippen LogP contribution in [0.5, 0.6) is 0 Å². The second-order valence-electron chi connectivity index (χ2n) is 17.0. The van der Waals surface area contributed by atoms with Gasteiger partial charge in [-0.3, -0.25) is 13.8 Å². The van der Waals surface area contributed by atoms with Gasteiger partial charge in [0.25, 0.3) is 0 Å². The summed E-state index contributed by atoms with van der Waals surface area (Å²) in [6.45, 7) is 4.24. The van der Waals surface area contributed by atoms with Crippen molar-refractivity contribution in [1.82, 2.24) is 0 Å². The largest absolute Gasteiger partial charge is 0.472 e. The third-order valence-electron chi connectivity index (χ3n) is 11.3. The number of carbonyl (C=O) groups is 1. The van der Waals surface area contributed by atoms with Crippen LogP contribution in [0.15, 0.2) is 36.5 Å². The minimum absolute atomic E-state index is 0.0795. The van der Waals surface area contributed by atoms with Gasteiger partial charge in [0.1, 0.15) is 42.7 Å². The smallest absolute Gasteiger partial charge is 0.457 e. The number of aliphatic hydroxyl groups excluding tert-OH is 5. The van der Waals surface area contributed by atoms with Crippen LogP contribution in [0, 0.1) is 0 Å². The van der Waals surface area contributed by atoms with Gasteiger partial charge in [-0.05, 0) is 51.4 Å². The number of allylic oxidation sites excluding steroid dienone is 6. The summed E-state index contributed by atoms with van der Waals surface area (Å²) in [6, 6.07) is 0. The quantitative estimate of drug-likeness (QED) is 0.0148. The fourth-order valence-corrected chi connectivity index (χ4v) is 8.34. The third-order valence-corrected chi connectivity index (χ3v) is 12.3. The van der Waals surface area contributed by atoms with Crippen LogP contribution in [0.2, 0.25) is 0 Å². The van der Waals surface area contributed by atoms with Crippen LogP contribution < -0.4 is 0 Å². The number of hydrogen-bond acceptors (Lipinski definition) is 11. The first-order valence-electron chi connectivity index (χ1n) is 24.3. The molecular weight excluding hydrogens is 799 g/mol. The topological polar surface area (TPSA) is 192 Å². The van der Waals surface area contributed by atoms with Crippen LogP contribution in [0.4, 0.5) is 0 Å². The molecule has 0 heterocycles. The molecule has 0 aromatic carbocycles. The van der Waals surface area contributed by atoms with Crippen LogP contribution in [0.25, 0.3) is 0 Å². The van der Waals surface area contributed by atoms with E-state index in [2.05, 4.69) is 50.3 Å². The molecule has 0 aromatic heterocycles. The molecule has 13 heteroatoms. The van der Waals surface area contributed by atoms with Crippen LogP contribution in [0.3, 0.4) is 0 Å². The molecular formula is C48H89O12P. The maximum absolute atomic E-state index is 12.8. The number of carbonyl (C=O) groups excluding carboxylic acids is 1. The zero-order valence-electron chi connectivity index (χ0n) is 38.2. The molecule has 1 fully saturated rings. The molecule has 6 unspecified atom stereocenters. The van der Waals surface area contributed by atoms with E-state index < -0.39 is 63.1 Å². The summed E-state index contributed by atoms with van der Waals surface area (Å²) in [5.41, 5.74) is 0. The Balaban J connectivity index is 2.38. The highest BCUT2D eigenvalue weighted by Crippen LogP contribution is 2.47. The van der Waals surface area contributed by atoms with Gasteiger partial charge in [0.15, 0.2) is 0 Å². The second-order valence-corrected chi connectivity index (χ2v) is 18.4. The van der Waals surface area contributed by atoms with Gasteiger partial charge in [-0.25, -0.2) is 4.57 Å². The summed E-state index contributed by atoms with van der Waals surface area (Å²) >= 11 is 0. The Morgan fingerprint density at radius 2 is 0.918 bits per heavy atom. The average Bonchev–Trinajstić information content (AvgIpc) is 3.24. The molecule has 0 aromatic rings. The molecule has 1 aliphatic carbocycles. The van der Waals surface area contributed by atoms with E-state index in [1.807, 2.05) is 0 Å². The number of ether oxygens (including phenoxy) is 2. The van der Waals surface area contributed by atoms with E-state index in [9.17, 15) is 39.8 Å². The number of phosphoric acid groups is 1. The lowest BCUT2D eigenvalue weighted by Crippen LogP contribution is -2.64. The maximum Gasteiger partial charge on any atom is 0.472 e. The molecule has 0 amide bonds. The second kappa shape index (κ2) is 39.0. The van der Waals surface area contributed by atoms with Crippen molar-refractivity contribution in [3.8, 4) is 0 Å². The van der Waals surface area contributed by atoms with Gasteiger partial charge in [-0.15, -0.1) is 0 Å². The summed E-state index contributed by atoms with van der Waals surface area (Å²) < 4.78 is 34.2. The summed E-state index contributed by atoms with van der Waals surface area (Å²) in [7, 11) is -5.02. The molecule has 1 aliphatic rings. The lowest BCUT2D eigenvalue weighted by Gasteiger charge is -2.41. The first-order chi connectivity index (χ1) is 29.5. The van der Waals surface area contributed by atoms with Gasteiger partial charge in [0.05, 0.1) is 13.2 Å². The van der Waals surface area contributed by atoms with Crippen molar-refractivity contribution in [2.24, 2.45) is 0 Å². The third kappa shape index (κ3) is 31.1. The maximum atomic E-state index is 12.8. The van der Waals surface area contributed by atoms with Crippen molar-refractivity contribution in [3.63, 3.8) is 0 Å². The number of unbranched alkanes of at least 4 members (excludes halogenated alkanes) is 23. The molecule has 12 nitrogen and oxygen atoms in total. The highest BCUT2D eigenvalue weighted by molar-refractivity contribution is 7.47. The molecule has 6 atom stereocenters. The van der Waals surface area contributed by atoms with E-state index in [0.29, 0.717) is 13.0 Å². The molecule has 61 heavy (non-hydrogen) atoms. The highest BCUT2D eigenvalue weighted by Gasteiger charge is 2.51. The molecule has 0 radical (unpaired) electrons. The Bertz CT molecular complexity index is 1150. The van der Waals surface area contributed by atoms with Crippen LogP contribution in [-0.2, 0) is 27.9 Å². The van der Waals surface area contributed by atoms with Crippen molar-refractivity contribution in [2.45, 2.75) is 243 Å². The van der Waals surface area contributed by atoms with Gasteiger partial charge >= 0.3 is 13.8 Å². The molecule has 0 spiro atoms. The number of hydrogen-bond donors (Lipinski definition) is 6. The molecule has 1 rings (SSSR count). The Morgan fingerprint density at radius 3 is 1.43 bits per heavy atom. The van der Waals surface area contributed by atoms with Gasteiger partial charge in [0, 0.05) is 13.0 Å². The highest BCUT2D eigenvalue weighted by atomic mass is 31.2. The van der Waals surface area contributed by atoms with E-state index in [0.717, 1.165) is 70.6 Å². The van der Waals surface area contributed by atoms with E-state index in [-0.39, 0.29) is 13.0 Å². The molecule has 0 saturated heterocycles. The monoisotopic (exact) mass is 889 g/mol. The predicted molar refractivity (Wildman–Crippen MR) is 244 cm³/mol. The molecule has 6 N–H and O–H groups in total. The molecule has 0 aliphatic heterocycles. The Labute approximate surface area is 370 Å². The van der Waals surface area contributed by atoms with Crippen LogP contribution >= 0.6 is 7.82 Å². The molecule has 1 saturated carbocycles. The minimum atomic E-state index is -5.02. The number of phosphoric ester groups is 1. The van der Waals surface area contributed by atoms with Gasteiger partial charge < -0.3 is 39.9 Å². The van der Waals surface area contributed by atoms with E-state index in [4.69, 9.17) is 18.5 Å². The van der Waals surface area contributed by atoms with E-state index >= 15 is 0 Å². The van der Waals surface area contributed by atoms with Crippen molar-refractivity contribution < 1.29 is 58.3 Å². The van der Waals surface area contributed by atoms with Crippen molar-refractivity contribution in [2.75, 3.05) is 19.8 Å². The van der Waals surface area contributed by atoms with E-state index in [1.54, 1.807) is 0 Å². The summed E-state index contributed by atoms with van der Waals surface area (Å²) in [5.74, 6) is -0.488. The first-order valence-corrected chi connectivity index (χ1v) is 25.8. The SMILES string of the molecule is CCCCC/C=C\C/C=C\C/C=C\CCCCCCCCC(=O)OC(COCCCCCCCCCCCCCCCCC)COP(=O)(O)OC1C(O)C(O)C(O)C(O)C1O. The summed E-state index contributed by atoms with van der Waals surface area (Å²) in [4.78, 5) is 23.2. The Kier molecular flexibility index (Phi) is 36.8. The van der Waals surface area contributed by atoms with Crippen molar-refractivity contribution in [1.29, 1.82) is 0 Å². The normalized spacial score (nSPS) is 22.4. The standard InChI is InChI=1S/C48H89O12P/c1-3-5-7-9-11-13-15-17-19-20-21-22-23-25-27-29-31-33-35-37-42(49)59-41(40-58-61(55,56)60-48-46(53)44(51)43(50)45(52)47(48)54)39-57-38-36-34-32-30-28-26-24-18-16-14-12-10-8-6-4-2/h11,13,17,19,21-22,41,43-48,50-54H,3-10,12,14-16,18,20,23-40H2,1-2H3,(H,55,56)/b13-11-,19-17-,22-21-. The van der Waals surface area contributed by atoms with Crippen molar-refractivity contribution in [3.05, 3.63) is 36.5 Å². The van der Waals surface area contributed by atoms with Gasteiger partial charge in [-0.2, -0.15) is 0 Å².